The highest BCUT2D eigenvalue weighted by Crippen LogP contribution is 2.18. The lowest BCUT2D eigenvalue weighted by Gasteiger charge is -2.05. The highest BCUT2D eigenvalue weighted by atomic mass is 32.2. The molecule has 18 heavy (non-hydrogen) atoms. The minimum absolute atomic E-state index is 0.123. The summed E-state index contributed by atoms with van der Waals surface area (Å²) in [7, 11) is 2.90. The fourth-order valence-corrected chi connectivity index (χ4v) is 1.66. The van der Waals surface area contributed by atoms with Crippen molar-refractivity contribution in [2.24, 2.45) is 0 Å². The van der Waals surface area contributed by atoms with E-state index in [0.717, 1.165) is 0 Å². The first-order chi connectivity index (χ1) is 8.67. The average Bonchev–Trinajstić information content (AvgIpc) is 2.79. The van der Waals surface area contributed by atoms with Crippen LogP contribution in [0.15, 0.2) is 5.16 Å². The van der Waals surface area contributed by atoms with Gasteiger partial charge in [-0.3, -0.25) is 0 Å². The summed E-state index contributed by atoms with van der Waals surface area (Å²) in [4.78, 5) is 16.0. The van der Waals surface area contributed by atoms with Crippen molar-refractivity contribution in [1.82, 2.24) is 29.7 Å². The molecular weight excluding hydrogens is 258 g/mol. The van der Waals surface area contributed by atoms with E-state index in [1.165, 1.54) is 30.7 Å². The van der Waals surface area contributed by atoms with E-state index in [9.17, 15) is 0 Å². The Morgan fingerprint density at radius 3 is 2.17 bits per heavy atom. The molecule has 10 heteroatoms. The number of methoxy groups -OCH3 is 2. The fourth-order valence-electron chi connectivity index (χ4n) is 1.18. The normalized spacial score (nSPS) is 10.4. The van der Waals surface area contributed by atoms with Crippen molar-refractivity contribution in [3.63, 3.8) is 0 Å². The molecule has 0 aliphatic carbocycles. The smallest absolute Gasteiger partial charge is 0.324 e. The first-order valence-electron chi connectivity index (χ1n) is 4.79. The number of ether oxygens (including phenoxy) is 2. The van der Waals surface area contributed by atoms with Gasteiger partial charge in [-0.2, -0.15) is 19.6 Å². The molecule has 0 amide bonds. The lowest BCUT2D eigenvalue weighted by Crippen LogP contribution is -2.08. The van der Waals surface area contributed by atoms with Crippen molar-refractivity contribution >= 4 is 17.7 Å². The number of nitrogen functional groups attached to an aromatic ring is 1. The molecule has 0 radical (unpaired) electrons. The van der Waals surface area contributed by atoms with Crippen LogP contribution >= 0.6 is 11.8 Å². The molecule has 0 saturated carbocycles. The predicted molar refractivity (Wildman–Crippen MR) is 64.0 cm³/mol. The molecule has 2 heterocycles. The Morgan fingerprint density at radius 1 is 1.06 bits per heavy atom. The molecule has 2 aromatic rings. The molecule has 0 saturated heterocycles. The van der Waals surface area contributed by atoms with Gasteiger partial charge in [-0.15, -0.1) is 10.1 Å². The molecule has 0 aliphatic rings. The zero-order valence-corrected chi connectivity index (χ0v) is 10.8. The van der Waals surface area contributed by atoms with E-state index < -0.39 is 0 Å². The number of nitrogens with two attached hydrogens (primary N) is 1. The number of nitrogens with zero attached hydrogens (tertiary/aromatic N) is 6. The number of hydrogen-bond acceptors (Lipinski definition) is 9. The molecule has 2 N–H and O–H groups in total. The second kappa shape index (κ2) is 5.04. The molecule has 9 nitrogen and oxygen atoms in total. The van der Waals surface area contributed by atoms with Gasteiger partial charge in [-0.1, -0.05) is 11.8 Å². The Kier molecular flexibility index (Phi) is 3.46. The highest BCUT2D eigenvalue weighted by molar-refractivity contribution is 7.98. The van der Waals surface area contributed by atoms with Crippen molar-refractivity contribution in [1.29, 1.82) is 0 Å². The van der Waals surface area contributed by atoms with Gasteiger partial charge in [-0.25, -0.2) is 0 Å². The third kappa shape index (κ3) is 2.27. The minimum Gasteiger partial charge on any atom is -0.467 e. The summed E-state index contributed by atoms with van der Waals surface area (Å²) in [6.45, 7) is 0. The maximum absolute atomic E-state index is 5.54. The maximum Gasteiger partial charge on any atom is 0.324 e. The van der Waals surface area contributed by atoms with Crippen molar-refractivity contribution in [2.75, 3.05) is 26.2 Å². The zero-order chi connectivity index (χ0) is 13.1. The van der Waals surface area contributed by atoms with Gasteiger partial charge in [0.05, 0.1) is 14.2 Å². The summed E-state index contributed by atoms with van der Waals surface area (Å²) in [6, 6.07) is 0.246. The van der Waals surface area contributed by atoms with Crippen LogP contribution in [0, 0.1) is 0 Å². The third-order valence-corrected chi connectivity index (χ3v) is 2.54. The fraction of sp³-hybridized carbons (Fsp3) is 0.375. The molecule has 96 valence electrons. The largest absolute Gasteiger partial charge is 0.467 e. The number of aromatic nitrogens is 6. The Bertz CT molecular complexity index is 536. The molecule has 2 aromatic heterocycles. The Hall–Kier alpha value is -2.10. The van der Waals surface area contributed by atoms with Gasteiger partial charge in [-0.05, 0) is 6.26 Å². The van der Waals surface area contributed by atoms with Gasteiger partial charge in [0, 0.05) is 0 Å². The van der Waals surface area contributed by atoms with Gasteiger partial charge < -0.3 is 15.2 Å². The second-order valence-corrected chi connectivity index (χ2v) is 3.75. The van der Waals surface area contributed by atoms with Gasteiger partial charge in [0.1, 0.15) is 0 Å². The van der Waals surface area contributed by atoms with E-state index in [-0.39, 0.29) is 23.9 Å². The van der Waals surface area contributed by atoms with Crippen LogP contribution in [0.2, 0.25) is 0 Å². The molecule has 0 unspecified atom stereocenters. The van der Waals surface area contributed by atoms with Crippen molar-refractivity contribution in [3.8, 4) is 18.0 Å². The van der Waals surface area contributed by atoms with E-state index in [1.807, 2.05) is 6.26 Å². The van der Waals surface area contributed by atoms with E-state index in [4.69, 9.17) is 15.2 Å². The number of anilines is 1. The lowest BCUT2D eigenvalue weighted by molar-refractivity contribution is 0.337. The van der Waals surface area contributed by atoms with E-state index in [0.29, 0.717) is 5.16 Å². The van der Waals surface area contributed by atoms with Crippen molar-refractivity contribution < 1.29 is 9.47 Å². The Morgan fingerprint density at radius 2 is 1.67 bits per heavy atom. The van der Waals surface area contributed by atoms with Crippen LogP contribution in [0.25, 0.3) is 5.95 Å². The Balaban J connectivity index is 2.54. The van der Waals surface area contributed by atoms with Crippen LogP contribution < -0.4 is 15.2 Å². The monoisotopic (exact) mass is 269 g/mol. The number of rotatable bonds is 4. The average molecular weight is 269 g/mol. The quantitative estimate of drug-likeness (QED) is 0.752. The molecule has 0 aliphatic heterocycles. The van der Waals surface area contributed by atoms with Gasteiger partial charge in [0.2, 0.25) is 5.95 Å². The number of hydrogen-bond donors (Lipinski definition) is 1. The first-order valence-corrected chi connectivity index (χ1v) is 6.01. The van der Waals surface area contributed by atoms with E-state index in [2.05, 4.69) is 25.0 Å². The summed E-state index contributed by atoms with van der Waals surface area (Å²) >= 11 is 1.37. The van der Waals surface area contributed by atoms with Gasteiger partial charge in [0.25, 0.3) is 5.95 Å². The highest BCUT2D eigenvalue weighted by Gasteiger charge is 2.15. The van der Waals surface area contributed by atoms with Gasteiger partial charge in [0.15, 0.2) is 5.16 Å². The summed E-state index contributed by atoms with van der Waals surface area (Å²) in [6.07, 6.45) is 1.84. The lowest BCUT2D eigenvalue weighted by atomic mass is 10.8. The topological polar surface area (TPSA) is 114 Å². The van der Waals surface area contributed by atoms with Crippen molar-refractivity contribution in [2.45, 2.75) is 5.16 Å². The standard InChI is InChI=1S/C8H11N7O2S/c1-16-6-11-5(12-7(13-6)17-2)15-8(18-3)10-4(9)14-15/h1-3H3,(H2,9,14). The van der Waals surface area contributed by atoms with Crippen LogP contribution in [0.1, 0.15) is 0 Å². The molecule has 0 spiro atoms. The van der Waals surface area contributed by atoms with Crippen LogP contribution in [0.4, 0.5) is 5.95 Å². The third-order valence-electron chi connectivity index (χ3n) is 1.91. The van der Waals surface area contributed by atoms with Crippen LogP contribution in [-0.4, -0.2) is 50.2 Å². The van der Waals surface area contributed by atoms with Crippen LogP contribution in [-0.2, 0) is 0 Å². The minimum atomic E-state index is 0.123. The van der Waals surface area contributed by atoms with E-state index >= 15 is 0 Å². The summed E-state index contributed by atoms with van der Waals surface area (Å²) < 4.78 is 11.3. The molecule has 0 bridgehead atoms. The summed E-state index contributed by atoms with van der Waals surface area (Å²) in [5, 5.41) is 4.56. The Labute approximate surface area is 107 Å². The van der Waals surface area contributed by atoms with Crippen LogP contribution in [0.3, 0.4) is 0 Å². The SMILES string of the molecule is COc1nc(OC)nc(-n2nc(N)nc2SC)n1. The predicted octanol–water partition coefficient (Wildman–Crippen LogP) is -0.226. The molecule has 2 rings (SSSR count). The molecule has 0 aromatic carbocycles. The molecule has 0 atom stereocenters. The molecule has 0 fully saturated rings. The summed E-state index contributed by atoms with van der Waals surface area (Å²) in [5.74, 6) is 0.366. The number of thioether (sulfide) groups is 1. The first kappa shape index (κ1) is 12.4. The summed E-state index contributed by atoms with van der Waals surface area (Å²) in [5.41, 5.74) is 5.54. The zero-order valence-electron chi connectivity index (χ0n) is 9.99. The maximum atomic E-state index is 5.54. The van der Waals surface area contributed by atoms with Crippen LogP contribution in [0.5, 0.6) is 12.0 Å². The van der Waals surface area contributed by atoms with Crippen molar-refractivity contribution in [3.05, 3.63) is 0 Å². The van der Waals surface area contributed by atoms with Gasteiger partial charge >= 0.3 is 12.0 Å². The molecular formula is C8H11N7O2S. The second-order valence-electron chi connectivity index (χ2n) is 2.98. The van der Waals surface area contributed by atoms with E-state index in [1.54, 1.807) is 0 Å².